The first kappa shape index (κ1) is 15.2. The Morgan fingerprint density at radius 3 is 2.54 bits per heavy atom. The summed E-state index contributed by atoms with van der Waals surface area (Å²) in [5, 5.41) is 25.0. The Labute approximate surface area is 138 Å². The minimum absolute atomic E-state index is 0.128. The molecule has 0 atom stereocenters. The first-order chi connectivity index (χ1) is 11.6. The van der Waals surface area contributed by atoms with E-state index in [9.17, 15) is 10.2 Å². The third-order valence-electron chi connectivity index (χ3n) is 4.53. The van der Waals surface area contributed by atoms with Crippen LogP contribution < -0.4 is 5.32 Å². The van der Waals surface area contributed by atoms with E-state index in [1.54, 1.807) is 13.2 Å². The highest BCUT2D eigenvalue weighted by molar-refractivity contribution is 6.09. The first-order valence-corrected chi connectivity index (χ1v) is 7.91. The molecular formula is C19H19NO4. The summed E-state index contributed by atoms with van der Waals surface area (Å²) in [5.74, 6) is 0. The fourth-order valence-electron chi connectivity index (χ4n) is 2.87. The van der Waals surface area contributed by atoms with Gasteiger partial charge in [0.05, 0.1) is 25.0 Å². The zero-order chi connectivity index (χ0) is 16.7. The summed E-state index contributed by atoms with van der Waals surface area (Å²) in [4.78, 5) is 0. The van der Waals surface area contributed by atoms with E-state index in [4.69, 9.17) is 8.83 Å². The molecule has 0 saturated carbocycles. The summed E-state index contributed by atoms with van der Waals surface area (Å²) < 4.78 is 11.4. The summed E-state index contributed by atoms with van der Waals surface area (Å²) >= 11 is 0. The van der Waals surface area contributed by atoms with Crippen LogP contribution in [-0.2, 0) is 6.54 Å². The van der Waals surface area contributed by atoms with Crippen molar-refractivity contribution >= 4 is 32.9 Å². The smallest absolute Gasteiger partial charge is 0.136 e. The average Bonchev–Trinajstić information content (AvgIpc) is 3.20. The Bertz CT molecular complexity index is 1010. The van der Waals surface area contributed by atoms with Crippen LogP contribution in [0.25, 0.3) is 32.9 Å². The lowest BCUT2D eigenvalue weighted by molar-refractivity contribution is 0.103. The molecule has 0 radical (unpaired) electrons. The predicted octanol–water partition coefficient (Wildman–Crippen LogP) is 3.17. The van der Waals surface area contributed by atoms with Gasteiger partial charge in [-0.1, -0.05) is 6.07 Å². The van der Waals surface area contributed by atoms with Crippen molar-refractivity contribution in [3.05, 3.63) is 48.2 Å². The second-order valence-electron chi connectivity index (χ2n) is 6.47. The highest BCUT2D eigenvalue weighted by Gasteiger charge is 2.21. The van der Waals surface area contributed by atoms with Crippen molar-refractivity contribution in [1.82, 2.24) is 5.32 Å². The summed E-state index contributed by atoms with van der Waals surface area (Å²) in [6, 6.07) is 11.9. The van der Waals surface area contributed by atoms with Crippen LogP contribution in [0.1, 0.15) is 12.5 Å². The number of fused-ring (bicyclic) bond motifs is 4. The second kappa shape index (κ2) is 5.63. The molecule has 2 aromatic heterocycles. The number of nitrogens with one attached hydrogen (secondary N) is 1. The van der Waals surface area contributed by atoms with Gasteiger partial charge >= 0.3 is 0 Å². The van der Waals surface area contributed by atoms with Gasteiger partial charge in [0, 0.05) is 22.7 Å². The average molecular weight is 325 g/mol. The Hall–Kier alpha value is -2.34. The number of rotatable bonds is 5. The van der Waals surface area contributed by atoms with Crippen LogP contribution in [0, 0.1) is 0 Å². The number of furan rings is 2. The van der Waals surface area contributed by atoms with Gasteiger partial charge in [0.15, 0.2) is 0 Å². The summed E-state index contributed by atoms with van der Waals surface area (Å²) in [7, 11) is 0. The molecule has 0 spiro atoms. The fourth-order valence-corrected chi connectivity index (χ4v) is 2.87. The summed E-state index contributed by atoms with van der Waals surface area (Å²) in [6.07, 6.45) is 1.67. The minimum atomic E-state index is -0.701. The van der Waals surface area contributed by atoms with Gasteiger partial charge in [0.2, 0.25) is 0 Å². The molecular weight excluding hydrogens is 306 g/mol. The van der Waals surface area contributed by atoms with Crippen molar-refractivity contribution < 1.29 is 19.0 Å². The molecule has 0 unspecified atom stereocenters. The topological polar surface area (TPSA) is 78.8 Å². The van der Waals surface area contributed by atoms with E-state index in [-0.39, 0.29) is 13.2 Å². The molecule has 0 fully saturated rings. The van der Waals surface area contributed by atoms with Crippen molar-refractivity contribution in [1.29, 1.82) is 0 Å². The van der Waals surface area contributed by atoms with E-state index in [0.29, 0.717) is 6.54 Å². The van der Waals surface area contributed by atoms with Gasteiger partial charge in [0.25, 0.3) is 0 Å². The number of hydrogen-bond acceptors (Lipinski definition) is 5. The Kier molecular flexibility index (Phi) is 3.57. The quantitative estimate of drug-likeness (QED) is 0.525. The van der Waals surface area contributed by atoms with Gasteiger partial charge in [0.1, 0.15) is 16.7 Å². The molecule has 0 saturated heterocycles. The molecule has 4 rings (SSSR count). The largest absolute Gasteiger partial charge is 0.464 e. The molecule has 2 heterocycles. The molecule has 5 nitrogen and oxygen atoms in total. The van der Waals surface area contributed by atoms with E-state index in [2.05, 4.69) is 11.4 Å². The first-order valence-electron chi connectivity index (χ1n) is 7.91. The summed E-state index contributed by atoms with van der Waals surface area (Å²) in [5.41, 5.74) is 2.85. The Morgan fingerprint density at radius 1 is 0.958 bits per heavy atom. The van der Waals surface area contributed by atoms with Crippen LogP contribution >= 0.6 is 0 Å². The molecule has 0 aliphatic carbocycles. The van der Waals surface area contributed by atoms with Gasteiger partial charge in [-0.25, -0.2) is 0 Å². The zero-order valence-electron chi connectivity index (χ0n) is 13.4. The number of benzene rings is 2. The Balaban J connectivity index is 1.74. The van der Waals surface area contributed by atoms with Crippen molar-refractivity contribution in [3.63, 3.8) is 0 Å². The summed E-state index contributed by atoms with van der Waals surface area (Å²) in [6.45, 7) is 2.07. The third kappa shape index (κ3) is 2.47. The monoisotopic (exact) mass is 325 g/mol. The lowest BCUT2D eigenvalue weighted by Crippen LogP contribution is -2.48. The lowest BCUT2D eigenvalue weighted by Gasteiger charge is -2.26. The van der Waals surface area contributed by atoms with Crippen LogP contribution in [0.2, 0.25) is 0 Å². The minimum Gasteiger partial charge on any atom is -0.464 e. The maximum absolute atomic E-state index is 9.38. The fraction of sp³-hybridized carbons (Fsp3) is 0.263. The molecule has 0 aliphatic rings. The number of aliphatic hydroxyl groups excluding tert-OH is 2. The van der Waals surface area contributed by atoms with Crippen LogP contribution in [0.4, 0.5) is 0 Å². The van der Waals surface area contributed by atoms with Crippen LogP contribution in [0.5, 0.6) is 0 Å². The SMILES string of the molecule is CC(CO)(CO)NCc1ccc2oc3cc4ccoc4cc3c2c1. The molecule has 2 aromatic carbocycles. The maximum atomic E-state index is 9.38. The Morgan fingerprint density at radius 2 is 1.75 bits per heavy atom. The highest BCUT2D eigenvalue weighted by Crippen LogP contribution is 2.33. The van der Waals surface area contributed by atoms with Crippen molar-refractivity contribution in [2.24, 2.45) is 0 Å². The lowest BCUT2D eigenvalue weighted by atomic mass is 10.0. The maximum Gasteiger partial charge on any atom is 0.136 e. The molecule has 5 heteroatoms. The van der Waals surface area contributed by atoms with E-state index in [0.717, 1.165) is 38.5 Å². The van der Waals surface area contributed by atoms with Crippen molar-refractivity contribution in [3.8, 4) is 0 Å². The molecule has 0 aliphatic heterocycles. The van der Waals surface area contributed by atoms with Crippen LogP contribution in [0.3, 0.4) is 0 Å². The van der Waals surface area contributed by atoms with Gasteiger partial charge in [-0.05, 0) is 42.8 Å². The normalized spacial score (nSPS) is 12.6. The predicted molar refractivity (Wildman–Crippen MR) is 92.9 cm³/mol. The highest BCUT2D eigenvalue weighted by atomic mass is 16.3. The molecule has 124 valence electrons. The van der Waals surface area contributed by atoms with Crippen LogP contribution in [-0.4, -0.2) is 29.0 Å². The number of hydrogen-bond donors (Lipinski definition) is 3. The number of aliphatic hydroxyl groups is 2. The zero-order valence-corrected chi connectivity index (χ0v) is 13.4. The van der Waals surface area contributed by atoms with Gasteiger partial charge in [-0.15, -0.1) is 0 Å². The van der Waals surface area contributed by atoms with E-state index in [1.165, 1.54) is 0 Å². The molecule has 24 heavy (non-hydrogen) atoms. The molecule has 0 amide bonds. The molecule has 4 aromatic rings. The van der Waals surface area contributed by atoms with E-state index < -0.39 is 5.54 Å². The third-order valence-corrected chi connectivity index (χ3v) is 4.53. The molecule has 0 bridgehead atoms. The van der Waals surface area contributed by atoms with Gasteiger partial charge in [-0.3, -0.25) is 0 Å². The molecule has 3 N–H and O–H groups in total. The van der Waals surface area contributed by atoms with E-state index in [1.807, 2.05) is 30.3 Å². The van der Waals surface area contributed by atoms with Gasteiger partial charge < -0.3 is 24.4 Å². The standard InChI is InChI=1S/C19H19NO4/c1-19(10-21,11-22)20-9-12-2-3-16-14(6-12)15-8-17-13(4-5-23-17)7-18(15)24-16/h2-8,20-22H,9-11H2,1H3. The van der Waals surface area contributed by atoms with Crippen molar-refractivity contribution in [2.45, 2.75) is 19.0 Å². The van der Waals surface area contributed by atoms with E-state index >= 15 is 0 Å². The van der Waals surface area contributed by atoms with Crippen molar-refractivity contribution in [2.75, 3.05) is 13.2 Å². The second-order valence-corrected chi connectivity index (χ2v) is 6.47. The van der Waals surface area contributed by atoms with Crippen LogP contribution in [0.15, 0.2) is 51.5 Å². The van der Waals surface area contributed by atoms with Gasteiger partial charge in [-0.2, -0.15) is 0 Å².